The van der Waals surface area contributed by atoms with E-state index in [1.165, 1.54) is 0 Å². The Morgan fingerprint density at radius 2 is 2.00 bits per heavy atom. The van der Waals surface area contributed by atoms with Gasteiger partial charge in [0.2, 0.25) is 0 Å². The molecule has 0 spiro atoms. The maximum absolute atomic E-state index is 5.72. The zero-order valence-electron chi connectivity index (χ0n) is 8.48. The monoisotopic (exact) mass is 189 g/mol. The molecule has 2 radical (unpaired) electrons. The smallest absolute Gasteiger partial charge is 0.128 e. The number of hydrogen-bond acceptors (Lipinski definition) is 3. The molecule has 0 bridgehead atoms. The van der Waals surface area contributed by atoms with Gasteiger partial charge < -0.3 is 9.80 Å². The molecule has 3 nitrogen and oxygen atoms in total. The molecule has 0 saturated carbocycles. The second-order valence-corrected chi connectivity index (χ2v) is 3.74. The third-order valence-electron chi connectivity index (χ3n) is 2.60. The van der Waals surface area contributed by atoms with E-state index in [4.69, 9.17) is 6.92 Å². The molecular weight excluding hydrogens is 174 g/mol. The third kappa shape index (κ3) is 2.04. The van der Waals surface area contributed by atoms with Crippen LogP contribution in [-0.2, 0) is 0 Å². The van der Waals surface area contributed by atoms with Crippen molar-refractivity contribution in [3.05, 3.63) is 30.8 Å². The van der Waals surface area contributed by atoms with E-state index in [2.05, 4.69) is 21.8 Å². The number of pyridine rings is 1. The summed E-state index contributed by atoms with van der Waals surface area (Å²) < 4.78 is 0. The van der Waals surface area contributed by atoms with Gasteiger partial charge in [-0.3, -0.25) is 0 Å². The van der Waals surface area contributed by atoms with Crippen molar-refractivity contribution in [3.63, 3.8) is 0 Å². The zero-order chi connectivity index (χ0) is 9.97. The number of nitrogens with zero attached hydrogens (tertiary/aromatic N) is 3. The van der Waals surface area contributed by atoms with E-state index < -0.39 is 0 Å². The van der Waals surface area contributed by atoms with Crippen LogP contribution in [0.4, 0.5) is 5.82 Å². The van der Waals surface area contributed by atoms with Crippen LogP contribution in [0.15, 0.2) is 18.3 Å². The minimum Gasteiger partial charge on any atom is -0.354 e. The highest BCUT2D eigenvalue weighted by atomic mass is 15.3. The molecule has 1 aliphatic heterocycles. The van der Waals surface area contributed by atoms with E-state index >= 15 is 0 Å². The summed E-state index contributed by atoms with van der Waals surface area (Å²) >= 11 is 0. The Hall–Kier alpha value is -1.09. The molecule has 2 rings (SSSR count). The summed E-state index contributed by atoms with van der Waals surface area (Å²) in [7, 11) is 2.14. The Morgan fingerprint density at radius 1 is 1.29 bits per heavy atom. The van der Waals surface area contributed by atoms with E-state index in [-0.39, 0.29) is 0 Å². The van der Waals surface area contributed by atoms with Crippen LogP contribution in [0.1, 0.15) is 5.56 Å². The Kier molecular flexibility index (Phi) is 2.68. The van der Waals surface area contributed by atoms with Gasteiger partial charge in [0.25, 0.3) is 0 Å². The van der Waals surface area contributed by atoms with Crippen molar-refractivity contribution in [1.29, 1.82) is 0 Å². The van der Waals surface area contributed by atoms with Gasteiger partial charge in [0.15, 0.2) is 0 Å². The van der Waals surface area contributed by atoms with Crippen molar-refractivity contribution in [2.75, 3.05) is 38.1 Å². The molecule has 0 aromatic carbocycles. The lowest BCUT2D eigenvalue weighted by Crippen LogP contribution is -2.44. The number of piperazine rings is 1. The average Bonchev–Trinajstić information content (AvgIpc) is 2.19. The van der Waals surface area contributed by atoms with Crippen molar-refractivity contribution in [2.24, 2.45) is 0 Å². The number of aromatic nitrogens is 1. The largest absolute Gasteiger partial charge is 0.354 e. The molecule has 74 valence electrons. The highest BCUT2D eigenvalue weighted by Crippen LogP contribution is 2.13. The number of hydrogen-bond donors (Lipinski definition) is 0. The topological polar surface area (TPSA) is 19.4 Å². The van der Waals surface area contributed by atoms with Crippen LogP contribution < -0.4 is 4.90 Å². The summed E-state index contributed by atoms with van der Waals surface area (Å²) in [5.41, 5.74) is 0.786. The Labute approximate surface area is 85.4 Å². The van der Waals surface area contributed by atoms with Crippen LogP contribution in [0.25, 0.3) is 0 Å². The molecule has 0 unspecified atom stereocenters. The molecule has 0 N–H and O–H groups in total. The standard InChI is InChI=1S/C11H15N3/c1-10-3-4-12-11(9-10)14-7-5-13(2)6-8-14/h1,3-4,9H,5-8H2,2H3. The minimum absolute atomic E-state index is 0.786. The fourth-order valence-corrected chi connectivity index (χ4v) is 1.64. The first kappa shape index (κ1) is 9.46. The van der Waals surface area contributed by atoms with Gasteiger partial charge >= 0.3 is 0 Å². The quantitative estimate of drug-likeness (QED) is 0.654. The second-order valence-electron chi connectivity index (χ2n) is 3.74. The number of likely N-dealkylation sites (N-methyl/N-ethyl adjacent to an activating group) is 1. The van der Waals surface area contributed by atoms with E-state index in [9.17, 15) is 0 Å². The molecule has 1 aliphatic rings. The first-order valence-corrected chi connectivity index (χ1v) is 4.91. The fraction of sp³-hybridized carbons (Fsp3) is 0.455. The zero-order valence-corrected chi connectivity index (χ0v) is 8.48. The summed E-state index contributed by atoms with van der Waals surface area (Å²) in [6.45, 7) is 9.97. The van der Waals surface area contributed by atoms with Crippen LogP contribution in [0.3, 0.4) is 0 Å². The molecule has 1 aromatic rings. The van der Waals surface area contributed by atoms with Gasteiger partial charge in [0.05, 0.1) is 0 Å². The summed E-state index contributed by atoms with van der Waals surface area (Å²) in [5.74, 6) is 0.998. The van der Waals surface area contributed by atoms with E-state index in [0.29, 0.717) is 0 Å². The Morgan fingerprint density at radius 3 is 2.64 bits per heavy atom. The predicted molar refractivity (Wildman–Crippen MR) is 57.3 cm³/mol. The van der Waals surface area contributed by atoms with E-state index in [1.807, 2.05) is 12.1 Å². The summed E-state index contributed by atoms with van der Waals surface area (Å²) in [6.07, 6.45) is 1.77. The first-order chi connectivity index (χ1) is 6.75. The first-order valence-electron chi connectivity index (χ1n) is 4.91. The van der Waals surface area contributed by atoms with Gasteiger partial charge in [-0.05, 0) is 31.7 Å². The molecule has 3 heteroatoms. The minimum atomic E-state index is 0.786. The van der Waals surface area contributed by atoms with Crippen molar-refractivity contribution in [1.82, 2.24) is 9.88 Å². The van der Waals surface area contributed by atoms with Crippen LogP contribution >= 0.6 is 0 Å². The van der Waals surface area contributed by atoms with Gasteiger partial charge in [0, 0.05) is 32.4 Å². The molecule has 1 fully saturated rings. The SMILES string of the molecule is [CH]c1ccnc(N2CCN(C)CC2)c1. The van der Waals surface area contributed by atoms with Crippen molar-refractivity contribution in [3.8, 4) is 0 Å². The van der Waals surface area contributed by atoms with Crippen molar-refractivity contribution >= 4 is 5.82 Å². The maximum Gasteiger partial charge on any atom is 0.128 e. The molecule has 0 amide bonds. The molecule has 1 aromatic heterocycles. The van der Waals surface area contributed by atoms with Gasteiger partial charge in [-0.15, -0.1) is 0 Å². The predicted octanol–water partition coefficient (Wildman–Crippen LogP) is 0.893. The molecule has 14 heavy (non-hydrogen) atoms. The van der Waals surface area contributed by atoms with Crippen molar-refractivity contribution < 1.29 is 0 Å². The highest BCUT2D eigenvalue weighted by Gasteiger charge is 2.14. The normalized spacial score (nSPS) is 18.6. The summed E-state index contributed by atoms with van der Waals surface area (Å²) in [6, 6.07) is 3.75. The molecule has 0 atom stereocenters. The average molecular weight is 189 g/mol. The molecule has 1 saturated heterocycles. The lowest BCUT2D eigenvalue weighted by Gasteiger charge is -2.33. The number of anilines is 1. The third-order valence-corrected chi connectivity index (χ3v) is 2.60. The summed E-state index contributed by atoms with van der Waals surface area (Å²) in [4.78, 5) is 8.91. The maximum atomic E-state index is 5.72. The lowest BCUT2D eigenvalue weighted by molar-refractivity contribution is 0.312. The highest BCUT2D eigenvalue weighted by molar-refractivity contribution is 5.42. The molecular formula is C11H15N3. The van der Waals surface area contributed by atoms with Crippen LogP contribution in [0, 0.1) is 6.92 Å². The molecule has 0 aliphatic carbocycles. The molecule has 2 heterocycles. The van der Waals surface area contributed by atoms with Crippen molar-refractivity contribution in [2.45, 2.75) is 0 Å². The second kappa shape index (κ2) is 3.96. The van der Waals surface area contributed by atoms with Gasteiger partial charge in [-0.25, -0.2) is 4.98 Å². The Bertz CT molecular complexity index is 303. The van der Waals surface area contributed by atoms with Gasteiger partial charge in [-0.1, -0.05) is 0 Å². The van der Waals surface area contributed by atoms with Crippen LogP contribution in [-0.4, -0.2) is 43.1 Å². The van der Waals surface area contributed by atoms with E-state index in [0.717, 1.165) is 37.6 Å². The Balaban J connectivity index is 2.08. The van der Waals surface area contributed by atoms with E-state index in [1.54, 1.807) is 6.20 Å². The van der Waals surface area contributed by atoms with Gasteiger partial charge in [-0.2, -0.15) is 0 Å². The van der Waals surface area contributed by atoms with Crippen LogP contribution in [0.5, 0.6) is 0 Å². The fourth-order valence-electron chi connectivity index (χ4n) is 1.64. The lowest BCUT2D eigenvalue weighted by atomic mass is 10.2. The number of rotatable bonds is 1. The van der Waals surface area contributed by atoms with Gasteiger partial charge in [0.1, 0.15) is 5.82 Å². The summed E-state index contributed by atoms with van der Waals surface area (Å²) in [5, 5.41) is 0. The van der Waals surface area contributed by atoms with Crippen LogP contribution in [0.2, 0.25) is 0 Å².